The molecule has 0 aliphatic rings. The molecule has 0 spiro atoms. The van der Waals surface area contributed by atoms with Gasteiger partial charge in [-0.2, -0.15) is 5.26 Å². The lowest BCUT2D eigenvalue weighted by molar-refractivity contribution is 0.199. The standard InChI is InChI=1S/C13H14BrN5O/c1-20-5-4-16-8-10-2-3-11(6-12(10)14)19-9-17-13(7-15)18-19/h2-3,6,9,16H,4-5,8H2,1H3. The van der Waals surface area contributed by atoms with E-state index >= 15 is 0 Å². The summed E-state index contributed by atoms with van der Waals surface area (Å²) >= 11 is 3.54. The van der Waals surface area contributed by atoms with Crippen LogP contribution in [-0.4, -0.2) is 35.0 Å². The molecule has 20 heavy (non-hydrogen) atoms. The fourth-order valence-corrected chi connectivity index (χ4v) is 2.16. The fraction of sp³-hybridized carbons (Fsp3) is 0.308. The van der Waals surface area contributed by atoms with Crippen molar-refractivity contribution in [1.29, 1.82) is 5.26 Å². The second kappa shape index (κ2) is 7.14. The minimum atomic E-state index is 0.159. The highest BCUT2D eigenvalue weighted by Crippen LogP contribution is 2.20. The third-order valence-corrected chi connectivity index (χ3v) is 3.43. The number of nitriles is 1. The SMILES string of the molecule is COCCNCc1ccc(-n2cnc(C#N)n2)cc1Br. The maximum Gasteiger partial charge on any atom is 0.252 e. The first-order valence-corrected chi connectivity index (χ1v) is 6.84. The summed E-state index contributed by atoms with van der Waals surface area (Å²) in [4.78, 5) is 3.88. The number of halogens is 1. The number of benzene rings is 1. The molecule has 1 aromatic heterocycles. The molecule has 2 aromatic rings. The van der Waals surface area contributed by atoms with E-state index in [4.69, 9.17) is 10.00 Å². The highest BCUT2D eigenvalue weighted by atomic mass is 79.9. The summed E-state index contributed by atoms with van der Waals surface area (Å²) in [5.74, 6) is 0.159. The Morgan fingerprint density at radius 2 is 2.35 bits per heavy atom. The lowest BCUT2D eigenvalue weighted by Crippen LogP contribution is -2.18. The van der Waals surface area contributed by atoms with Crippen molar-refractivity contribution in [2.24, 2.45) is 0 Å². The van der Waals surface area contributed by atoms with Crippen molar-refractivity contribution in [2.45, 2.75) is 6.54 Å². The monoisotopic (exact) mass is 335 g/mol. The zero-order valence-electron chi connectivity index (χ0n) is 11.0. The molecule has 2 rings (SSSR count). The van der Waals surface area contributed by atoms with E-state index in [-0.39, 0.29) is 5.82 Å². The van der Waals surface area contributed by atoms with Crippen LogP contribution in [0.25, 0.3) is 5.69 Å². The Bertz CT molecular complexity index is 619. The molecule has 0 radical (unpaired) electrons. The lowest BCUT2D eigenvalue weighted by Gasteiger charge is -2.08. The van der Waals surface area contributed by atoms with Gasteiger partial charge < -0.3 is 10.1 Å². The van der Waals surface area contributed by atoms with E-state index in [9.17, 15) is 0 Å². The quantitative estimate of drug-likeness (QED) is 0.812. The van der Waals surface area contributed by atoms with E-state index < -0.39 is 0 Å². The number of hydrogen-bond donors (Lipinski definition) is 1. The van der Waals surface area contributed by atoms with Crippen LogP contribution in [0.5, 0.6) is 0 Å². The molecule has 7 heteroatoms. The summed E-state index contributed by atoms with van der Waals surface area (Å²) in [5, 5.41) is 16.1. The van der Waals surface area contributed by atoms with Crippen LogP contribution in [0, 0.1) is 11.3 Å². The van der Waals surface area contributed by atoms with Crippen molar-refractivity contribution in [1.82, 2.24) is 20.1 Å². The van der Waals surface area contributed by atoms with Crippen LogP contribution in [0.15, 0.2) is 29.0 Å². The van der Waals surface area contributed by atoms with Crippen LogP contribution >= 0.6 is 15.9 Å². The Balaban J connectivity index is 2.07. The largest absolute Gasteiger partial charge is 0.383 e. The van der Waals surface area contributed by atoms with E-state index in [1.165, 1.54) is 6.33 Å². The molecule has 1 N–H and O–H groups in total. The molecule has 1 aromatic carbocycles. The topological polar surface area (TPSA) is 75.8 Å². The number of nitrogens with zero attached hydrogens (tertiary/aromatic N) is 4. The summed E-state index contributed by atoms with van der Waals surface area (Å²) in [7, 11) is 1.68. The van der Waals surface area contributed by atoms with Crippen molar-refractivity contribution < 1.29 is 4.74 Å². The first-order valence-electron chi connectivity index (χ1n) is 6.05. The fourth-order valence-electron chi connectivity index (χ4n) is 1.66. The molecular formula is C13H14BrN5O. The van der Waals surface area contributed by atoms with Gasteiger partial charge in [0.25, 0.3) is 5.82 Å². The van der Waals surface area contributed by atoms with Gasteiger partial charge in [-0.05, 0) is 17.7 Å². The third-order valence-electron chi connectivity index (χ3n) is 2.69. The van der Waals surface area contributed by atoms with Gasteiger partial charge in [0.05, 0.1) is 12.3 Å². The number of rotatable bonds is 6. The number of ether oxygens (including phenoxy) is 1. The maximum atomic E-state index is 8.72. The molecule has 0 aliphatic carbocycles. The molecule has 1 heterocycles. The van der Waals surface area contributed by atoms with Gasteiger partial charge in [0.1, 0.15) is 12.4 Å². The normalized spacial score (nSPS) is 10.4. The number of aromatic nitrogens is 3. The summed E-state index contributed by atoms with van der Waals surface area (Å²) in [6.45, 7) is 2.25. The first kappa shape index (κ1) is 14.7. The Morgan fingerprint density at radius 1 is 1.50 bits per heavy atom. The first-order chi connectivity index (χ1) is 9.74. The third kappa shape index (κ3) is 3.63. The number of nitrogens with one attached hydrogen (secondary N) is 1. The molecule has 0 saturated heterocycles. The van der Waals surface area contributed by atoms with Crippen molar-refractivity contribution in [3.05, 3.63) is 40.4 Å². The predicted octanol–water partition coefficient (Wildman–Crippen LogP) is 1.64. The molecule has 0 aliphatic heterocycles. The second-order valence-corrected chi connectivity index (χ2v) is 4.92. The van der Waals surface area contributed by atoms with E-state index in [2.05, 4.69) is 31.3 Å². The second-order valence-electron chi connectivity index (χ2n) is 4.07. The van der Waals surface area contributed by atoms with E-state index in [1.807, 2.05) is 24.3 Å². The van der Waals surface area contributed by atoms with Gasteiger partial charge in [0, 0.05) is 24.7 Å². The molecule has 0 fully saturated rings. The van der Waals surface area contributed by atoms with Gasteiger partial charge in [-0.25, -0.2) is 9.67 Å². The molecule has 6 nitrogen and oxygen atoms in total. The predicted molar refractivity (Wildman–Crippen MR) is 77.4 cm³/mol. The van der Waals surface area contributed by atoms with Crippen molar-refractivity contribution in [3.63, 3.8) is 0 Å². The van der Waals surface area contributed by atoms with Crippen LogP contribution < -0.4 is 5.32 Å². The number of hydrogen-bond acceptors (Lipinski definition) is 5. The van der Waals surface area contributed by atoms with Crippen LogP contribution in [-0.2, 0) is 11.3 Å². The molecule has 0 amide bonds. The summed E-state index contributed by atoms with van der Waals surface area (Å²) in [6, 6.07) is 7.80. The van der Waals surface area contributed by atoms with Gasteiger partial charge in [0.2, 0.25) is 0 Å². The van der Waals surface area contributed by atoms with Crippen LogP contribution in [0.3, 0.4) is 0 Å². The summed E-state index contributed by atoms with van der Waals surface area (Å²) in [5.41, 5.74) is 2.00. The molecule has 0 atom stereocenters. The Labute approximate surface area is 125 Å². The van der Waals surface area contributed by atoms with Crippen LogP contribution in [0.2, 0.25) is 0 Å². The van der Waals surface area contributed by atoms with Gasteiger partial charge in [-0.1, -0.05) is 22.0 Å². The average Bonchev–Trinajstić information content (AvgIpc) is 2.94. The average molecular weight is 336 g/mol. The molecule has 0 bridgehead atoms. The Hall–Kier alpha value is -1.75. The molecule has 0 saturated carbocycles. The minimum Gasteiger partial charge on any atom is -0.383 e. The lowest BCUT2D eigenvalue weighted by atomic mass is 10.2. The highest BCUT2D eigenvalue weighted by Gasteiger charge is 2.05. The number of methoxy groups -OCH3 is 1. The molecule has 0 unspecified atom stereocenters. The Morgan fingerprint density at radius 3 is 3.00 bits per heavy atom. The highest BCUT2D eigenvalue weighted by molar-refractivity contribution is 9.10. The van der Waals surface area contributed by atoms with Gasteiger partial charge in [0.15, 0.2) is 0 Å². The van der Waals surface area contributed by atoms with Gasteiger partial charge >= 0.3 is 0 Å². The van der Waals surface area contributed by atoms with Crippen molar-refractivity contribution in [2.75, 3.05) is 20.3 Å². The summed E-state index contributed by atoms with van der Waals surface area (Å²) < 4.78 is 7.54. The van der Waals surface area contributed by atoms with Gasteiger partial charge in [-0.15, -0.1) is 5.10 Å². The zero-order valence-corrected chi connectivity index (χ0v) is 12.6. The maximum absolute atomic E-state index is 8.72. The molecular weight excluding hydrogens is 322 g/mol. The molecule has 104 valence electrons. The zero-order chi connectivity index (χ0) is 14.4. The smallest absolute Gasteiger partial charge is 0.252 e. The Kier molecular flexibility index (Phi) is 5.24. The van der Waals surface area contributed by atoms with E-state index in [0.717, 1.165) is 28.8 Å². The van der Waals surface area contributed by atoms with Crippen molar-refractivity contribution in [3.8, 4) is 11.8 Å². The van der Waals surface area contributed by atoms with E-state index in [1.54, 1.807) is 11.8 Å². The van der Waals surface area contributed by atoms with Gasteiger partial charge in [-0.3, -0.25) is 0 Å². The van der Waals surface area contributed by atoms with Crippen LogP contribution in [0.1, 0.15) is 11.4 Å². The summed E-state index contributed by atoms with van der Waals surface area (Å²) in [6.07, 6.45) is 1.52. The van der Waals surface area contributed by atoms with E-state index in [0.29, 0.717) is 6.61 Å². The van der Waals surface area contributed by atoms with Crippen molar-refractivity contribution >= 4 is 15.9 Å². The van der Waals surface area contributed by atoms with Crippen LogP contribution in [0.4, 0.5) is 0 Å². The minimum absolute atomic E-state index is 0.159.